The number of benzene rings is 1. The molecule has 0 bridgehead atoms. The number of hydrogen-bond donors (Lipinski definition) is 2. The van der Waals surface area contributed by atoms with Crippen LogP contribution in [-0.2, 0) is 6.54 Å². The maximum absolute atomic E-state index is 13.9. The molecule has 142 valence electrons. The standard InChI is InChI=1S/C20H24FN5S/c1-23-20(24-13-16-11-15(12-22)6-7-17(16)21)25-14-18(19-5-4-10-27-19)26-8-2-3-9-26/h4-7,10-11,18H,2-3,8-9,13-14H2,1H3,(H2,23,24,25). The lowest BCUT2D eigenvalue weighted by atomic mass is 10.1. The molecule has 1 aliphatic heterocycles. The molecule has 1 aliphatic rings. The van der Waals surface area contributed by atoms with E-state index < -0.39 is 0 Å². The first kappa shape index (κ1) is 19.3. The number of rotatable bonds is 6. The van der Waals surface area contributed by atoms with Gasteiger partial charge < -0.3 is 10.6 Å². The monoisotopic (exact) mass is 385 g/mol. The van der Waals surface area contributed by atoms with Gasteiger partial charge in [0, 0.05) is 30.6 Å². The summed E-state index contributed by atoms with van der Waals surface area (Å²) in [5, 5.41) is 17.6. The molecular formula is C20H24FN5S. The molecule has 0 radical (unpaired) electrons. The average Bonchev–Trinajstić information content (AvgIpc) is 3.40. The van der Waals surface area contributed by atoms with Crippen LogP contribution in [0.3, 0.4) is 0 Å². The van der Waals surface area contributed by atoms with Crippen LogP contribution in [0.25, 0.3) is 0 Å². The topological polar surface area (TPSA) is 63.5 Å². The van der Waals surface area contributed by atoms with Gasteiger partial charge in [-0.1, -0.05) is 6.07 Å². The molecule has 7 heteroatoms. The second-order valence-electron chi connectivity index (χ2n) is 6.50. The lowest BCUT2D eigenvalue weighted by Gasteiger charge is -2.27. The third kappa shape index (κ3) is 5.06. The number of guanidine groups is 1. The molecule has 1 aromatic heterocycles. The van der Waals surface area contributed by atoms with Gasteiger partial charge in [-0.3, -0.25) is 9.89 Å². The molecule has 1 aromatic carbocycles. The number of nitrogens with one attached hydrogen (secondary N) is 2. The number of hydrogen-bond acceptors (Lipinski definition) is 4. The van der Waals surface area contributed by atoms with Crippen molar-refractivity contribution in [2.24, 2.45) is 4.99 Å². The third-order valence-electron chi connectivity index (χ3n) is 4.76. The predicted octanol–water partition coefficient (Wildman–Crippen LogP) is 3.26. The largest absolute Gasteiger partial charge is 0.354 e. The quantitative estimate of drug-likeness (QED) is 0.592. The van der Waals surface area contributed by atoms with E-state index in [-0.39, 0.29) is 12.4 Å². The summed E-state index contributed by atoms with van der Waals surface area (Å²) in [7, 11) is 1.70. The van der Waals surface area contributed by atoms with Gasteiger partial charge in [0.2, 0.25) is 0 Å². The van der Waals surface area contributed by atoms with E-state index in [1.54, 1.807) is 24.5 Å². The minimum atomic E-state index is -0.328. The van der Waals surface area contributed by atoms with Crippen molar-refractivity contribution in [3.63, 3.8) is 0 Å². The Balaban J connectivity index is 1.60. The molecule has 1 fully saturated rings. The Bertz CT molecular complexity index is 806. The molecule has 0 spiro atoms. The summed E-state index contributed by atoms with van der Waals surface area (Å²) in [6, 6.07) is 11.0. The molecule has 0 aliphatic carbocycles. The maximum atomic E-state index is 13.9. The van der Waals surface area contributed by atoms with Crippen molar-refractivity contribution >= 4 is 17.3 Å². The van der Waals surface area contributed by atoms with Crippen LogP contribution in [0.15, 0.2) is 40.7 Å². The number of likely N-dealkylation sites (tertiary alicyclic amines) is 1. The third-order valence-corrected chi connectivity index (χ3v) is 5.73. The smallest absolute Gasteiger partial charge is 0.191 e. The fourth-order valence-corrected chi connectivity index (χ4v) is 4.18. The average molecular weight is 386 g/mol. The molecule has 2 heterocycles. The van der Waals surface area contributed by atoms with Gasteiger partial charge in [0.25, 0.3) is 0 Å². The summed E-state index contributed by atoms with van der Waals surface area (Å²) in [6.45, 7) is 3.24. The second kappa shape index (κ2) is 9.49. The minimum absolute atomic E-state index is 0.272. The Kier molecular flexibility index (Phi) is 6.80. The van der Waals surface area contributed by atoms with E-state index in [4.69, 9.17) is 5.26 Å². The number of thiophene rings is 1. The Morgan fingerprint density at radius 2 is 2.15 bits per heavy atom. The van der Waals surface area contributed by atoms with Gasteiger partial charge in [0.05, 0.1) is 17.7 Å². The summed E-state index contributed by atoms with van der Waals surface area (Å²) in [4.78, 5) is 8.09. The summed E-state index contributed by atoms with van der Waals surface area (Å²) in [6.07, 6.45) is 2.48. The van der Waals surface area contributed by atoms with E-state index in [1.807, 2.05) is 6.07 Å². The molecule has 0 amide bonds. The normalized spacial score (nSPS) is 16.1. The van der Waals surface area contributed by atoms with Crippen molar-refractivity contribution in [2.45, 2.75) is 25.4 Å². The first-order valence-electron chi connectivity index (χ1n) is 9.11. The summed E-state index contributed by atoms with van der Waals surface area (Å²) < 4.78 is 13.9. The van der Waals surface area contributed by atoms with Gasteiger partial charge in [-0.25, -0.2) is 4.39 Å². The van der Waals surface area contributed by atoms with Crippen LogP contribution >= 0.6 is 11.3 Å². The Morgan fingerprint density at radius 1 is 1.33 bits per heavy atom. The number of aliphatic imine (C=N–C) groups is 1. The summed E-state index contributed by atoms with van der Waals surface area (Å²) in [5.41, 5.74) is 0.897. The van der Waals surface area contributed by atoms with Crippen LogP contribution in [0.4, 0.5) is 4.39 Å². The van der Waals surface area contributed by atoms with Crippen molar-refractivity contribution in [1.29, 1.82) is 5.26 Å². The van der Waals surface area contributed by atoms with Crippen LogP contribution in [0.1, 0.15) is 34.9 Å². The highest BCUT2D eigenvalue weighted by atomic mass is 32.1. The minimum Gasteiger partial charge on any atom is -0.354 e. The first-order valence-corrected chi connectivity index (χ1v) is 9.99. The van der Waals surface area contributed by atoms with Crippen LogP contribution < -0.4 is 10.6 Å². The highest BCUT2D eigenvalue weighted by Gasteiger charge is 2.24. The molecule has 1 unspecified atom stereocenters. The van der Waals surface area contributed by atoms with Gasteiger partial charge in [-0.15, -0.1) is 11.3 Å². The van der Waals surface area contributed by atoms with Crippen LogP contribution in [0.5, 0.6) is 0 Å². The zero-order valence-corrected chi connectivity index (χ0v) is 16.2. The van der Waals surface area contributed by atoms with Gasteiger partial charge in [-0.05, 0) is 55.6 Å². The molecule has 3 rings (SSSR count). The molecule has 2 N–H and O–H groups in total. The Labute approximate surface area is 163 Å². The zero-order chi connectivity index (χ0) is 19.1. The molecular weight excluding hydrogens is 361 g/mol. The predicted molar refractivity (Wildman–Crippen MR) is 107 cm³/mol. The lowest BCUT2D eigenvalue weighted by molar-refractivity contribution is 0.249. The van der Waals surface area contributed by atoms with E-state index in [0.29, 0.717) is 23.1 Å². The highest BCUT2D eigenvalue weighted by Crippen LogP contribution is 2.27. The lowest BCUT2D eigenvalue weighted by Crippen LogP contribution is -2.42. The number of nitrogens with zero attached hydrogens (tertiary/aromatic N) is 3. The van der Waals surface area contributed by atoms with Gasteiger partial charge in [-0.2, -0.15) is 5.26 Å². The van der Waals surface area contributed by atoms with Crippen molar-refractivity contribution in [2.75, 3.05) is 26.7 Å². The van der Waals surface area contributed by atoms with E-state index in [9.17, 15) is 4.39 Å². The van der Waals surface area contributed by atoms with Gasteiger partial charge >= 0.3 is 0 Å². The number of nitriles is 1. The number of halogens is 1. The van der Waals surface area contributed by atoms with Crippen molar-refractivity contribution in [1.82, 2.24) is 15.5 Å². The zero-order valence-electron chi connectivity index (χ0n) is 15.4. The van der Waals surface area contributed by atoms with Gasteiger partial charge in [0.1, 0.15) is 5.82 Å². The highest BCUT2D eigenvalue weighted by molar-refractivity contribution is 7.10. The van der Waals surface area contributed by atoms with E-state index in [2.05, 4.69) is 38.0 Å². The first-order chi connectivity index (χ1) is 13.2. The summed E-state index contributed by atoms with van der Waals surface area (Å²) in [5.74, 6) is 0.294. The second-order valence-corrected chi connectivity index (χ2v) is 7.48. The maximum Gasteiger partial charge on any atom is 0.191 e. The van der Waals surface area contributed by atoms with Crippen LogP contribution in [0, 0.1) is 17.1 Å². The summed E-state index contributed by atoms with van der Waals surface area (Å²) >= 11 is 1.77. The van der Waals surface area contributed by atoms with Gasteiger partial charge in [0.15, 0.2) is 5.96 Å². The van der Waals surface area contributed by atoms with E-state index in [0.717, 1.165) is 19.6 Å². The van der Waals surface area contributed by atoms with Crippen molar-refractivity contribution in [3.8, 4) is 6.07 Å². The molecule has 0 saturated carbocycles. The van der Waals surface area contributed by atoms with E-state index in [1.165, 1.54) is 29.9 Å². The van der Waals surface area contributed by atoms with Crippen molar-refractivity contribution in [3.05, 3.63) is 57.5 Å². The fraction of sp³-hybridized carbons (Fsp3) is 0.400. The molecule has 1 saturated heterocycles. The Morgan fingerprint density at radius 3 is 2.81 bits per heavy atom. The molecule has 1 atom stereocenters. The molecule has 27 heavy (non-hydrogen) atoms. The van der Waals surface area contributed by atoms with Crippen LogP contribution in [-0.4, -0.2) is 37.5 Å². The van der Waals surface area contributed by atoms with Crippen molar-refractivity contribution < 1.29 is 4.39 Å². The molecule has 5 nitrogen and oxygen atoms in total. The fourth-order valence-electron chi connectivity index (χ4n) is 3.32. The Hall–Kier alpha value is -2.43. The molecule has 2 aromatic rings. The SMILES string of the molecule is CN=C(NCc1cc(C#N)ccc1F)NCC(c1cccs1)N1CCCC1. The van der Waals surface area contributed by atoms with E-state index >= 15 is 0 Å². The van der Waals surface area contributed by atoms with Crippen LogP contribution in [0.2, 0.25) is 0 Å².